The minimum Gasteiger partial charge on any atom is -0.419 e. The Morgan fingerprint density at radius 2 is 1.77 bits per heavy atom. The fourth-order valence-corrected chi connectivity index (χ4v) is 4.08. The molecule has 2 aromatic carbocycles. The van der Waals surface area contributed by atoms with Crippen molar-refractivity contribution in [1.29, 1.82) is 10.8 Å². The smallest absolute Gasteiger partial charge is 0.241 e. The summed E-state index contributed by atoms with van der Waals surface area (Å²) in [6, 6.07) is 14.5. The molecule has 0 aliphatic rings. The highest BCUT2D eigenvalue weighted by atomic mass is 32.2. The van der Waals surface area contributed by atoms with Crippen LogP contribution < -0.4 is 5.32 Å². The average Bonchev–Trinajstić information content (AvgIpc) is 2.84. The molecule has 0 saturated heterocycles. The minimum atomic E-state index is -1.07. The zero-order chi connectivity index (χ0) is 24.7. The molecule has 192 valence electrons. The monoisotopic (exact) mass is 503 g/mol. The molecule has 1 atom stereocenters. The Bertz CT molecular complexity index is 1200. The molecular formula is C25H37N5O4S. The summed E-state index contributed by atoms with van der Waals surface area (Å²) < 4.78 is 17.8. The Hall–Kier alpha value is -3.31. The van der Waals surface area contributed by atoms with E-state index in [4.69, 9.17) is 20.7 Å². The lowest BCUT2D eigenvalue weighted by Crippen LogP contribution is -2.18. The van der Waals surface area contributed by atoms with Crippen molar-refractivity contribution >= 4 is 22.6 Å². The van der Waals surface area contributed by atoms with E-state index in [0.29, 0.717) is 30.0 Å². The van der Waals surface area contributed by atoms with E-state index < -0.39 is 10.8 Å². The molecular weight excluding hydrogens is 466 g/mol. The molecule has 35 heavy (non-hydrogen) atoms. The number of nitrogens with zero attached hydrogens (tertiary/aromatic N) is 2. The lowest BCUT2D eigenvalue weighted by Gasteiger charge is -2.12. The van der Waals surface area contributed by atoms with Crippen LogP contribution in [-0.2, 0) is 22.1 Å². The first kappa shape index (κ1) is 27.9. The standard InChI is InChI=1S/C25H29N5O3S.H2O.3H2/c1-16(2)34(32)21-10-8-19(9-11-21)22-15-29-17(3)23(30-22)25(27)33-24(26)20-6-4-18(5-7-20)14-28-12-13-31;;;;/h4-11,15-16,26-28,31H,12-14H2,1-3H3;1H2;3*1H. The zero-order valence-electron chi connectivity index (χ0n) is 20.0. The number of nitrogens with one attached hydrogen (secondary N) is 3. The van der Waals surface area contributed by atoms with Gasteiger partial charge in [-0.3, -0.25) is 20.0 Å². The van der Waals surface area contributed by atoms with Crippen molar-refractivity contribution in [2.75, 3.05) is 13.2 Å². The van der Waals surface area contributed by atoms with Gasteiger partial charge in [-0.2, -0.15) is 0 Å². The highest BCUT2D eigenvalue weighted by molar-refractivity contribution is 7.85. The molecule has 1 unspecified atom stereocenters. The zero-order valence-corrected chi connectivity index (χ0v) is 20.8. The molecule has 0 aliphatic carbocycles. The predicted octanol–water partition coefficient (Wildman–Crippen LogP) is 3.33. The van der Waals surface area contributed by atoms with Crippen LogP contribution in [0.5, 0.6) is 0 Å². The van der Waals surface area contributed by atoms with E-state index in [2.05, 4.69) is 15.3 Å². The van der Waals surface area contributed by atoms with Gasteiger partial charge in [0.05, 0.1) is 35.0 Å². The highest BCUT2D eigenvalue weighted by Crippen LogP contribution is 2.21. The molecule has 3 aromatic rings. The van der Waals surface area contributed by atoms with Crippen molar-refractivity contribution in [3.63, 3.8) is 0 Å². The van der Waals surface area contributed by atoms with Crippen LogP contribution >= 0.6 is 0 Å². The first-order valence-corrected chi connectivity index (χ1v) is 12.1. The fourth-order valence-electron chi connectivity index (χ4n) is 3.13. The van der Waals surface area contributed by atoms with Crippen LogP contribution in [-0.4, -0.2) is 55.0 Å². The van der Waals surface area contributed by atoms with Gasteiger partial charge in [-0.15, -0.1) is 0 Å². The Kier molecular flexibility index (Phi) is 10.3. The van der Waals surface area contributed by atoms with Gasteiger partial charge in [0.2, 0.25) is 11.8 Å². The normalized spacial score (nSPS) is 11.6. The molecule has 0 radical (unpaired) electrons. The second kappa shape index (κ2) is 13.0. The van der Waals surface area contributed by atoms with Gasteiger partial charge >= 0.3 is 0 Å². The summed E-state index contributed by atoms with van der Waals surface area (Å²) in [6.45, 7) is 6.76. The van der Waals surface area contributed by atoms with E-state index in [9.17, 15) is 4.21 Å². The van der Waals surface area contributed by atoms with Crippen molar-refractivity contribution in [3.05, 3.63) is 77.2 Å². The predicted molar refractivity (Wildman–Crippen MR) is 144 cm³/mol. The molecule has 6 N–H and O–H groups in total. The molecule has 3 rings (SSSR count). The largest absolute Gasteiger partial charge is 0.419 e. The number of benzene rings is 2. The van der Waals surface area contributed by atoms with Crippen LogP contribution in [0.3, 0.4) is 0 Å². The van der Waals surface area contributed by atoms with Crippen LogP contribution in [0.4, 0.5) is 0 Å². The number of aromatic nitrogens is 2. The van der Waals surface area contributed by atoms with E-state index in [1.807, 2.05) is 50.2 Å². The third-order valence-electron chi connectivity index (χ3n) is 5.02. The van der Waals surface area contributed by atoms with Crippen molar-refractivity contribution in [2.45, 2.75) is 37.5 Å². The lowest BCUT2D eigenvalue weighted by atomic mass is 10.1. The Balaban J connectivity index is 0. The van der Waals surface area contributed by atoms with Gasteiger partial charge in [-0.05, 0) is 36.8 Å². The molecule has 0 fully saturated rings. The summed E-state index contributed by atoms with van der Waals surface area (Å²) >= 11 is 0. The number of hydrogen-bond donors (Lipinski definition) is 4. The summed E-state index contributed by atoms with van der Waals surface area (Å²) in [7, 11) is -1.07. The summed E-state index contributed by atoms with van der Waals surface area (Å²) in [5.41, 5.74) is 3.66. The maximum absolute atomic E-state index is 12.3. The molecule has 0 amide bonds. The summed E-state index contributed by atoms with van der Waals surface area (Å²) in [5, 5.41) is 28.6. The number of ether oxygens (including phenoxy) is 1. The number of hydrogen-bond acceptors (Lipinski definition) is 8. The van der Waals surface area contributed by atoms with E-state index >= 15 is 0 Å². The quantitative estimate of drug-likeness (QED) is 0.199. The maximum atomic E-state index is 12.3. The van der Waals surface area contributed by atoms with Gasteiger partial charge in [0, 0.05) is 38.6 Å². The van der Waals surface area contributed by atoms with Gasteiger partial charge in [0.15, 0.2) is 0 Å². The highest BCUT2D eigenvalue weighted by Gasteiger charge is 2.16. The van der Waals surface area contributed by atoms with E-state index in [-0.39, 0.29) is 39.1 Å². The number of aliphatic hydroxyl groups excluding tert-OH is 1. The number of rotatable bonds is 9. The summed E-state index contributed by atoms with van der Waals surface area (Å²) in [4.78, 5) is 9.64. The van der Waals surface area contributed by atoms with Crippen LogP contribution in [0.2, 0.25) is 0 Å². The first-order chi connectivity index (χ1) is 16.3. The molecule has 0 saturated carbocycles. The van der Waals surface area contributed by atoms with Gasteiger partial charge < -0.3 is 20.6 Å². The number of aliphatic hydroxyl groups is 1. The second-order valence-corrected chi connectivity index (χ2v) is 9.93. The molecule has 0 aliphatic heterocycles. The van der Waals surface area contributed by atoms with Crippen LogP contribution in [0.15, 0.2) is 59.6 Å². The van der Waals surface area contributed by atoms with Crippen molar-refractivity contribution in [2.24, 2.45) is 0 Å². The average molecular weight is 504 g/mol. The van der Waals surface area contributed by atoms with Gasteiger partial charge in [0.1, 0.15) is 5.69 Å². The second-order valence-electron chi connectivity index (χ2n) is 7.92. The van der Waals surface area contributed by atoms with Crippen LogP contribution in [0, 0.1) is 17.7 Å². The van der Waals surface area contributed by atoms with Gasteiger partial charge in [0.25, 0.3) is 0 Å². The Morgan fingerprint density at radius 3 is 2.37 bits per heavy atom. The molecule has 1 aromatic heterocycles. The lowest BCUT2D eigenvalue weighted by molar-refractivity contribution is 0.292. The summed E-state index contributed by atoms with van der Waals surface area (Å²) in [6.07, 6.45) is 1.62. The van der Waals surface area contributed by atoms with E-state index in [0.717, 1.165) is 16.0 Å². The van der Waals surface area contributed by atoms with E-state index in [1.165, 1.54) is 0 Å². The van der Waals surface area contributed by atoms with Crippen molar-refractivity contribution in [3.8, 4) is 11.3 Å². The first-order valence-electron chi connectivity index (χ1n) is 10.9. The third kappa shape index (κ3) is 7.33. The van der Waals surface area contributed by atoms with Crippen LogP contribution in [0.1, 0.15) is 40.6 Å². The maximum Gasteiger partial charge on any atom is 0.241 e. The van der Waals surface area contributed by atoms with Gasteiger partial charge in [-0.1, -0.05) is 38.1 Å². The molecule has 0 bridgehead atoms. The van der Waals surface area contributed by atoms with Crippen LogP contribution in [0.25, 0.3) is 11.3 Å². The van der Waals surface area contributed by atoms with E-state index in [1.54, 1.807) is 25.3 Å². The van der Waals surface area contributed by atoms with Crippen molar-refractivity contribution in [1.82, 2.24) is 15.3 Å². The minimum absolute atomic E-state index is 0. The summed E-state index contributed by atoms with van der Waals surface area (Å²) in [5.74, 6) is -0.421. The molecule has 1 heterocycles. The molecule has 10 heteroatoms. The molecule has 0 spiro atoms. The topological polar surface area (TPSA) is 164 Å². The molecule has 9 nitrogen and oxygen atoms in total. The number of aryl methyl sites for hydroxylation is 1. The SMILES string of the molecule is Cc1ncc(-c2ccc(S(=O)C(C)C)cc2)nc1C(=N)OC(=N)c1ccc(CNCCO)cc1.O.[HH].[HH].[HH]. The third-order valence-corrected chi connectivity index (χ3v) is 6.61. The van der Waals surface area contributed by atoms with Crippen molar-refractivity contribution < 1.29 is 23.8 Å². The Labute approximate surface area is 211 Å². The van der Waals surface area contributed by atoms with Gasteiger partial charge in [-0.25, -0.2) is 4.98 Å². The fraction of sp³-hybridized carbons (Fsp3) is 0.280. The Morgan fingerprint density at radius 1 is 1.11 bits per heavy atom.